The summed E-state index contributed by atoms with van der Waals surface area (Å²) in [7, 11) is 0. The van der Waals surface area contributed by atoms with Crippen LogP contribution in [-0.2, 0) is 14.3 Å². The van der Waals surface area contributed by atoms with E-state index in [1.165, 1.54) is 6.42 Å². The molecule has 0 aromatic rings. The van der Waals surface area contributed by atoms with E-state index < -0.39 is 0 Å². The summed E-state index contributed by atoms with van der Waals surface area (Å²) in [6.07, 6.45) is 3.12. The third-order valence-corrected chi connectivity index (χ3v) is 3.69. The van der Waals surface area contributed by atoms with Crippen LogP contribution in [0.25, 0.3) is 0 Å². The molecule has 1 aliphatic heterocycles. The van der Waals surface area contributed by atoms with Crippen LogP contribution in [0.15, 0.2) is 0 Å². The van der Waals surface area contributed by atoms with Gasteiger partial charge in [0.15, 0.2) is 0 Å². The fourth-order valence-electron chi connectivity index (χ4n) is 3.12. The molecular formula is C10H14O3. The first-order valence-electron chi connectivity index (χ1n) is 5.13. The van der Waals surface area contributed by atoms with Crippen molar-refractivity contribution < 1.29 is 14.3 Å². The molecule has 3 heteroatoms. The molecule has 0 radical (unpaired) electrons. The number of fused-ring (bicyclic) bond motifs is 5. The molecular weight excluding hydrogens is 168 g/mol. The molecule has 3 fully saturated rings. The summed E-state index contributed by atoms with van der Waals surface area (Å²) in [4.78, 5) is 11.5. The van der Waals surface area contributed by atoms with E-state index in [4.69, 9.17) is 9.47 Å². The van der Waals surface area contributed by atoms with Gasteiger partial charge in [-0.15, -0.1) is 0 Å². The van der Waals surface area contributed by atoms with Crippen LogP contribution < -0.4 is 0 Å². The Kier molecular flexibility index (Phi) is 1.48. The van der Waals surface area contributed by atoms with Gasteiger partial charge in [-0.3, -0.25) is 4.79 Å². The maximum atomic E-state index is 11.5. The van der Waals surface area contributed by atoms with Crippen molar-refractivity contribution >= 4 is 5.97 Å². The largest absolute Gasteiger partial charge is 0.466 e. The number of carbonyl (C=O) groups excluding carboxylic acids is 1. The maximum absolute atomic E-state index is 11.5. The molecule has 0 spiro atoms. The maximum Gasteiger partial charge on any atom is 0.309 e. The standard InChI is InChI=1S/C10H14O3/c1-2-12-10(11)7-4-5-3-6(7)9-8(5)13-9/h5-9H,2-4H2,1H3/t5-,6+,7+,8?,9?/m1/s1. The molecule has 0 aromatic heterocycles. The Morgan fingerprint density at radius 1 is 1.46 bits per heavy atom. The quantitative estimate of drug-likeness (QED) is 0.472. The minimum atomic E-state index is 0.00366. The van der Waals surface area contributed by atoms with E-state index in [9.17, 15) is 4.79 Å². The van der Waals surface area contributed by atoms with Crippen molar-refractivity contribution in [3.8, 4) is 0 Å². The van der Waals surface area contributed by atoms with Crippen molar-refractivity contribution in [3.05, 3.63) is 0 Å². The molecule has 3 aliphatic rings. The second kappa shape index (κ2) is 2.47. The molecule has 0 N–H and O–H groups in total. The Morgan fingerprint density at radius 2 is 2.31 bits per heavy atom. The topological polar surface area (TPSA) is 38.8 Å². The van der Waals surface area contributed by atoms with Gasteiger partial charge in [-0.05, 0) is 25.7 Å². The first-order valence-corrected chi connectivity index (χ1v) is 5.13. The lowest BCUT2D eigenvalue weighted by molar-refractivity contribution is -0.149. The Hall–Kier alpha value is -0.570. The second-order valence-corrected chi connectivity index (χ2v) is 4.32. The van der Waals surface area contributed by atoms with Crippen LogP contribution in [0.1, 0.15) is 19.8 Å². The number of carbonyl (C=O) groups is 1. The molecule has 0 amide bonds. The van der Waals surface area contributed by atoms with Crippen molar-refractivity contribution in [2.24, 2.45) is 17.8 Å². The van der Waals surface area contributed by atoms with Crippen molar-refractivity contribution in [1.82, 2.24) is 0 Å². The number of hydrogen-bond donors (Lipinski definition) is 0. The monoisotopic (exact) mass is 182 g/mol. The molecule has 3 rings (SSSR count). The number of ether oxygens (including phenoxy) is 2. The molecule has 1 heterocycles. The zero-order chi connectivity index (χ0) is 9.00. The van der Waals surface area contributed by atoms with E-state index in [-0.39, 0.29) is 11.9 Å². The van der Waals surface area contributed by atoms with Crippen LogP contribution >= 0.6 is 0 Å². The van der Waals surface area contributed by atoms with Gasteiger partial charge in [0.25, 0.3) is 0 Å². The molecule has 2 bridgehead atoms. The van der Waals surface area contributed by atoms with E-state index in [1.54, 1.807) is 0 Å². The highest BCUT2D eigenvalue weighted by Gasteiger charge is 2.64. The van der Waals surface area contributed by atoms with E-state index in [0.29, 0.717) is 30.7 Å². The zero-order valence-electron chi connectivity index (χ0n) is 7.73. The molecule has 2 saturated carbocycles. The summed E-state index contributed by atoms with van der Waals surface area (Å²) in [6.45, 7) is 2.36. The van der Waals surface area contributed by atoms with E-state index in [0.717, 1.165) is 6.42 Å². The minimum Gasteiger partial charge on any atom is -0.466 e. The van der Waals surface area contributed by atoms with Gasteiger partial charge in [-0.1, -0.05) is 0 Å². The van der Waals surface area contributed by atoms with Gasteiger partial charge in [-0.2, -0.15) is 0 Å². The van der Waals surface area contributed by atoms with Gasteiger partial charge in [0.1, 0.15) is 0 Å². The van der Waals surface area contributed by atoms with E-state index >= 15 is 0 Å². The Labute approximate surface area is 77.4 Å². The highest BCUT2D eigenvalue weighted by molar-refractivity contribution is 5.73. The van der Waals surface area contributed by atoms with E-state index in [2.05, 4.69) is 0 Å². The predicted molar refractivity (Wildman–Crippen MR) is 45.0 cm³/mol. The molecule has 0 aromatic carbocycles. The molecule has 3 nitrogen and oxygen atoms in total. The van der Waals surface area contributed by atoms with Gasteiger partial charge in [0.05, 0.1) is 24.7 Å². The average molecular weight is 182 g/mol. The molecule has 72 valence electrons. The fraction of sp³-hybridized carbons (Fsp3) is 0.900. The van der Waals surface area contributed by atoms with Crippen molar-refractivity contribution in [1.29, 1.82) is 0 Å². The molecule has 13 heavy (non-hydrogen) atoms. The van der Waals surface area contributed by atoms with Crippen LogP contribution in [0.2, 0.25) is 0 Å². The summed E-state index contributed by atoms with van der Waals surface area (Å²) in [5.41, 5.74) is 0. The predicted octanol–water partition coefficient (Wildman–Crippen LogP) is 0.973. The van der Waals surface area contributed by atoms with Gasteiger partial charge in [-0.25, -0.2) is 0 Å². The smallest absolute Gasteiger partial charge is 0.309 e. The van der Waals surface area contributed by atoms with E-state index in [1.807, 2.05) is 6.92 Å². The Balaban J connectivity index is 1.70. The Morgan fingerprint density at radius 3 is 2.92 bits per heavy atom. The van der Waals surface area contributed by atoms with Gasteiger partial charge >= 0.3 is 5.97 Å². The minimum absolute atomic E-state index is 0.00366. The zero-order valence-corrected chi connectivity index (χ0v) is 7.73. The lowest BCUT2D eigenvalue weighted by Crippen LogP contribution is -2.27. The molecule has 2 aliphatic carbocycles. The fourth-order valence-corrected chi connectivity index (χ4v) is 3.12. The van der Waals surface area contributed by atoms with Crippen molar-refractivity contribution in [2.45, 2.75) is 32.0 Å². The third-order valence-electron chi connectivity index (χ3n) is 3.69. The number of epoxide rings is 1. The summed E-state index contributed by atoms with van der Waals surface area (Å²) >= 11 is 0. The SMILES string of the molecule is CCOC(=O)[C@H]1C[C@H]2C[C@@H]1C1OC12. The number of hydrogen-bond acceptors (Lipinski definition) is 3. The third kappa shape index (κ3) is 0.966. The average Bonchev–Trinajstić information content (AvgIpc) is 2.72. The van der Waals surface area contributed by atoms with Crippen molar-refractivity contribution in [3.63, 3.8) is 0 Å². The highest BCUT2D eigenvalue weighted by atomic mass is 16.6. The first kappa shape index (κ1) is 7.80. The Bertz CT molecular complexity index is 251. The normalized spacial score (nSPS) is 50.4. The van der Waals surface area contributed by atoms with Gasteiger partial charge < -0.3 is 9.47 Å². The summed E-state index contributed by atoms with van der Waals surface area (Å²) in [5.74, 6) is 1.29. The first-order chi connectivity index (χ1) is 6.31. The van der Waals surface area contributed by atoms with Crippen LogP contribution in [0.5, 0.6) is 0 Å². The van der Waals surface area contributed by atoms with Crippen molar-refractivity contribution in [2.75, 3.05) is 6.61 Å². The van der Waals surface area contributed by atoms with Crippen LogP contribution in [0.4, 0.5) is 0 Å². The molecule has 5 atom stereocenters. The highest BCUT2D eigenvalue weighted by Crippen LogP contribution is 2.58. The molecule has 1 saturated heterocycles. The van der Waals surface area contributed by atoms with Crippen LogP contribution in [0.3, 0.4) is 0 Å². The van der Waals surface area contributed by atoms with Gasteiger partial charge in [0.2, 0.25) is 0 Å². The summed E-state index contributed by atoms with van der Waals surface area (Å²) in [6, 6.07) is 0. The summed E-state index contributed by atoms with van der Waals surface area (Å²) in [5, 5.41) is 0. The van der Waals surface area contributed by atoms with Crippen LogP contribution in [-0.4, -0.2) is 24.8 Å². The lowest BCUT2D eigenvalue weighted by Gasteiger charge is -2.16. The summed E-state index contributed by atoms with van der Waals surface area (Å²) < 4.78 is 10.5. The second-order valence-electron chi connectivity index (χ2n) is 4.32. The molecule has 2 unspecified atom stereocenters. The number of rotatable bonds is 2. The van der Waals surface area contributed by atoms with Crippen LogP contribution in [0, 0.1) is 17.8 Å². The van der Waals surface area contributed by atoms with Gasteiger partial charge in [0, 0.05) is 5.92 Å². The number of esters is 1. The lowest BCUT2D eigenvalue weighted by atomic mass is 9.89.